The highest BCUT2D eigenvalue weighted by Crippen LogP contribution is 2.08. The summed E-state index contributed by atoms with van der Waals surface area (Å²) in [6.07, 6.45) is 3.39. The van der Waals surface area contributed by atoms with E-state index in [4.69, 9.17) is 0 Å². The Hall–Kier alpha value is -1.57. The number of amides is 1. The topological polar surface area (TPSA) is 20.3 Å². The van der Waals surface area contributed by atoms with Crippen LogP contribution in [0, 0.1) is 0 Å². The van der Waals surface area contributed by atoms with E-state index in [1.165, 1.54) is 0 Å². The maximum Gasteiger partial charge on any atom is 0.246 e. The summed E-state index contributed by atoms with van der Waals surface area (Å²) < 4.78 is 0. The number of carbonyl (C=O) groups is 1. The van der Waals surface area contributed by atoms with Crippen molar-refractivity contribution in [2.45, 2.75) is 33.4 Å². The lowest BCUT2D eigenvalue weighted by molar-refractivity contribution is -0.128. The number of rotatable bonds is 4. The van der Waals surface area contributed by atoms with Gasteiger partial charge in [0.1, 0.15) is 0 Å². The highest BCUT2D eigenvalue weighted by atomic mass is 16.2. The van der Waals surface area contributed by atoms with E-state index in [1.54, 1.807) is 12.2 Å². The third-order valence-electron chi connectivity index (χ3n) is 2.41. The Balaban J connectivity index is 2.77. The molecule has 0 unspecified atom stereocenters. The van der Waals surface area contributed by atoms with E-state index < -0.39 is 0 Å². The molecule has 1 amide bonds. The molecule has 0 spiro atoms. The van der Waals surface area contributed by atoms with E-state index in [9.17, 15) is 4.79 Å². The fraction of sp³-hybridized carbons (Fsp3) is 0.357. The van der Waals surface area contributed by atoms with Crippen LogP contribution in [-0.2, 0) is 11.3 Å². The van der Waals surface area contributed by atoms with Crippen molar-refractivity contribution >= 4 is 5.91 Å². The van der Waals surface area contributed by atoms with Gasteiger partial charge in [-0.25, -0.2) is 0 Å². The van der Waals surface area contributed by atoms with Gasteiger partial charge in [0.15, 0.2) is 0 Å². The highest BCUT2D eigenvalue weighted by Gasteiger charge is 2.14. The van der Waals surface area contributed by atoms with Crippen molar-refractivity contribution < 1.29 is 4.79 Å². The van der Waals surface area contributed by atoms with Crippen molar-refractivity contribution in [1.29, 1.82) is 0 Å². The Morgan fingerprint density at radius 1 is 1.31 bits per heavy atom. The molecule has 0 atom stereocenters. The van der Waals surface area contributed by atoms with E-state index in [0.717, 1.165) is 5.56 Å². The molecule has 0 saturated carbocycles. The van der Waals surface area contributed by atoms with Crippen molar-refractivity contribution in [3.8, 4) is 0 Å². The maximum atomic E-state index is 11.8. The lowest BCUT2D eigenvalue weighted by atomic mass is 10.2. The fourth-order valence-corrected chi connectivity index (χ4v) is 1.53. The summed E-state index contributed by atoms with van der Waals surface area (Å²) in [4.78, 5) is 13.7. The van der Waals surface area contributed by atoms with Gasteiger partial charge in [0, 0.05) is 12.6 Å². The molecule has 0 radical (unpaired) electrons. The standard InChI is InChI=1S/C14H19NO/c1-4-8-14(16)15(12(2)3)11-13-9-6-5-7-10-13/h4-10,12H,11H2,1-3H3/b8-4+. The van der Waals surface area contributed by atoms with Gasteiger partial charge in [0.25, 0.3) is 0 Å². The predicted octanol–water partition coefficient (Wildman–Crippen LogP) is 3.00. The molecule has 0 bridgehead atoms. The lowest BCUT2D eigenvalue weighted by Crippen LogP contribution is -2.35. The molecule has 2 heteroatoms. The van der Waals surface area contributed by atoms with Crippen LogP contribution in [0.1, 0.15) is 26.3 Å². The normalized spacial score (nSPS) is 11.0. The quantitative estimate of drug-likeness (QED) is 0.710. The molecule has 86 valence electrons. The van der Waals surface area contributed by atoms with Crippen LogP contribution in [0.3, 0.4) is 0 Å². The molecule has 0 aliphatic heterocycles. The van der Waals surface area contributed by atoms with Gasteiger partial charge < -0.3 is 4.90 Å². The van der Waals surface area contributed by atoms with E-state index >= 15 is 0 Å². The Bertz CT molecular complexity index is 354. The molecule has 1 aromatic rings. The molecule has 0 saturated heterocycles. The summed E-state index contributed by atoms with van der Waals surface area (Å²) in [6.45, 7) is 6.59. The molecule has 0 aliphatic carbocycles. The van der Waals surface area contributed by atoms with Crippen LogP contribution in [0.4, 0.5) is 0 Å². The zero-order valence-corrected chi connectivity index (χ0v) is 10.2. The number of carbonyl (C=O) groups excluding carboxylic acids is 1. The first kappa shape index (κ1) is 12.5. The van der Waals surface area contributed by atoms with Gasteiger partial charge in [-0.05, 0) is 32.4 Å². The molecular weight excluding hydrogens is 198 g/mol. The third kappa shape index (κ3) is 3.54. The molecule has 0 fully saturated rings. The lowest BCUT2D eigenvalue weighted by Gasteiger charge is -2.25. The minimum Gasteiger partial charge on any atom is -0.332 e. The number of benzene rings is 1. The molecule has 1 aromatic carbocycles. The highest BCUT2D eigenvalue weighted by molar-refractivity contribution is 5.87. The summed E-state index contributed by atoms with van der Waals surface area (Å²) in [5.74, 6) is 0.0707. The zero-order chi connectivity index (χ0) is 12.0. The van der Waals surface area contributed by atoms with Crippen LogP contribution < -0.4 is 0 Å². The second-order valence-electron chi connectivity index (χ2n) is 4.05. The minimum absolute atomic E-state index is 0.0707. The Labute approximate surface area is 97.6 Å². The van der Waals surface area contributed by atoms with E-state index in [0.29, 0.717) is 6.54 Å². The van der Waals surface area contributed by atoms with Gasteiger partial charge in [-0.2, -0.15) is 0 Å². The van der Waals surface area contributed by atoms with Gasteiger partial charge >= 0.3 is 0 Å². The van der Waals surface area contributed by atoms with Crippen LogP contribution in [0.2, 0.25) is 0 Å². The molecule has 1 rings (SSSR count). The van der Waals surface area contributed by atoms with Crippen molar-refractivity contribution in [2.24, 2.45) is 0 Å². The largest absolute Gasteiger partial charge is 0.332 e. The Morgan fingerprint density at radius 3 is 2.44 bits per heavy atom. The fourth-order valence-electron chi connectivity index (χ4n) is 1.53. The molecular formula is C14H19NO. The predicted molar refractivity (Wildman–Crippen MR) is 66.9 cm³/mol. The summed E-state index contributed by atoms with van der Waals surface area (Å²) >= 11 is 0. The average molecular weight is 217 g/mol. The first-order chi connectivity index (χ1) is 7.65. The van der Waals surface area contributed by atoms with Crippen LogP contribution in [0.15, 0.2) is 42.5 Å². The summed E-state index contributed by atoms with van der Waals surface area (Å²) in [6, 6.07) is 10.3. The molecule has 0 aliphatic rings. The summed E-state index contributed by atoms with van der Waals surface area (Å²) in [7, 11) is 0. The van der Waals surface area contributed by atoms with E-state index in [1.807, 2.05) is 56.0 Å². The van der Waals surface area contributed by atoms with Crippen molar-refractivity contribution in [3.63, 3.8) is 0 Å². The smallest absolute Gasteiger partial charge is 0.246 e. The van der Waals surface area contributed by atoms with Crippen LogP contribution >= 0.6 is 0 Å². The zero-order valence-electron chi connectivity index (χ0n) is 10.2. The van der Waals surface area contributed by atoms with Crippen molar-refractivity contribution in [3.05, 3.63) is 48.0 Å². The summed E-state index contributed by atoms with van der Waals surface area (Å²) in [5.41, 5.74) is 1.16. The second-order valence-corrected chi connectivity index (χ2v) is 4.05. The summed E-state index contributed by atoms with van der Waals surface area (Å²) in [5, 5.41) is 0. The van der Waals surface area contributed by atoms with E-state index in [2.05, 4.69) is 0 Å². The van der Waals surface area contributed by atoms with Crippen LogP contribution in [0.5, 0.6) is 0 Å². The second kappa shape index (κ2) is 6.11. The number of hydrogen-bond acceptors (Lipinski definition) is 1. The number of nitrogens with zero attached hydrogens (tertiary/aromatic N) is 1. The Kier molecular flexibility index (Phi) is 4.77. The minimum atomic E-state index is 0.0707. The van der Waals surface area contributed by atoms with Gasteiger partial charge in [-0.3, -0.25) is 4.79 Å². The molecule has 0 aromatic heterocycles. The first-order valence-electron chi connectivity index (χ1n) is 5.62. The van der Waals surface area contributed by atoms with E-state index in [-0.39, 0.29) is 11.9 Å². The maximum absolute atomic E-state index is 11.8. The van der Waals surface area contributed by atoms with Gasteiger partial charge in [0.2, 0.25) is 5.91 Å². The SMILES string of the molecule is C/C=C/C(=O)N(Cc1ccccc1)C(C)C. The third-order valence-corrected chi connectivity index (χ3v) is 2.41. The van der Waals surface area contributed by atoms with Gasteiger partial charge in [-0.1, -0.05) is 36.4 Å². The van der Waals surface area contributed by atoms with Crippen LogP contribution in [-0.4, -0.2) is 16.8 Å². The van der Waals surface area contributed by atoms with Crippen molar-refractivity contribution in [1.82, 2.24) is 4.90 Å². The van der Waals surface area contributed by atoms with Gasteiger partial charge in [0.05, 0.1) is 0 Å². The monoisotopic (exact) mass is 217 g/mol. The molecule has 0 heterocycles. The number of allylic oxidation sites excluding steroid dienone is 1. The molecule has 2 nitrogen and oxygen atoms in total. The molecule has 16 heavy (non-hydrogen) atoms. The number of hydrogen-bond donors (Lipinski definition) is 0. The average Bonchev–Trinajstić information content (AvgIpc) is 2.27. The Morgan fingerprint density at radius 2 is 1.94 bits per heavy atom. The molecule has 0 N–H and O–H groups in total. The van der Waals surface area contributed by atoms with Crippen LogP contribution in [0.25, 0.3) is 0 Å². The van der Waals surface area contributed by atoms with Gasteiger partial charge in [-0.15, -0.1) is 0 Å². The first-order valence-corrected chi connectivity index (χ1v) is 5.62. The van der Waals surface area contributed by atoms with Crippen molar-refractivity contribution in [2.75, 3.05) is 0 Å².